The van der Waals surface area contributed by atoms with Crippen LogP contribution in [0, 0.1) is 5.92 Å². The van der Waals surface area contributed by atoms with Crippen molar-refractivity contribution in [3.63, 3.8) is 0 Å². The van der Waals surface area contributed by atoms with E-state index >= 15 is 0 Å². The first-order valence-electron chi connectivity index (χ1n) is 7.47. The summed E-state index contributed by atoms with van der Waals surface area (Å²) in [6.07, 6.45) is 2.82. The molecule has 2 N–H and O–H groups in total. The zero-order valence-corrected chi connectivity index (χ0v) is 15.3. The molecule has 22 heavy (non-hydrogen) atoms. The number of nitrogens with one attached hydrogen (secondary N) is 2. The standard InChI is InChI=1S/C15H30N2O4S/c1-10(2)9-13(16-11(3)18)14(19)17-12(7-8-22-6)15(20-4)21-5/h10,12-13,15H,7-9H2,1-6H3,(H,16,18)(H,17,19)/t12?,13-/m0/s1. The molecule has 0 saturated carbocycles. The van der Waals surface area contributed by atoms with Crippen molar-refractivity contribution >= 4 is 23.6 Å². The molecule has 2 atom stereocenters. The van der Waals surface area contributed by atoms with Gasteiger partial charge in [0.15, 0.2) is 6.29 Å². The summed E-state index contributed by atoms with van der Waals surface area (Å²) in [7, 11) is 3.09. The van der Waals surface area contributed by atoms with Crippen LogP contribution in [-0.4, -0.2) is 56.4 Å². The molecule has 7 heteroatoms. The summed E-state index contributed by atoms with van der Waals surface area (Å²) >= 11 is 1.69. The highest BCUT2D eigenvalue weighted by Gasteiger charge is 2.27. The van der Waals surface area contributed by atoms with Gasteiger partial charge in [-0.1, -0.05) is 13.8 Å². The van der Waals surface area contributed by atoms with E-state index in [1.165, 1.54) is 6.92 Å². The molecule has 0 aliphatic heterocycles. The van der Waals surface area contributed by atoms with Crippen LogP contribution in [0.3, 0.4) is 0 Å². The van der Waals surface area contributed by atoms with Crippen molar-refractivity contribution in [1.82, 2.24) is 10.6 Å². The van der Waals surface area contributed by atoms with E-state index in [1.807, 2.05) is 20.1 Å². The maximum atomic E-state index is 12.5. The molecule has 130 valence electrons. The number of carbonyl (C=O) groups excluding carboxylic acids is 2. The predicted octanol–water partition coefficient (Wildman–Crippen LogP) is 1.39. The molecule has 0 spiro atoms. The van der Waals surface area contributed by atoms with Gasteiger partial charge in [-0.2, -0.15) is 11.8 Å². The summed E-state index contributed by atoms with van der Waals surface area (Å²) in [5, 5.41) is 5.66. The van der Waals surface area contributed by atoms with Gasteiger partial charge in [-0.05, 0) is 30.8 Å². The van der Waals surface area contributed by atoms with Crippen LogP contribution in [0.5, 0.6) is 0 Å². The van der Waals surface area contributed by atoms with Crippen molar-refractivity contribution in [3.8, 4) is 0 Å². The smallest absolute Gasteiger partial charge is 0.242 e. The summed E-state index contributed by atoms with van der Waals surface area (Å²) < 4.78 is 10.5. The first-order valence-corrected chi connectivity index (χ1v) is 8.87. The Bertz CT molecular complexity index is 336. The van der Waals surface area contributed by atoms with Gasteiger partial charge in [0.05, 0.1) is 6.04 Å². The van der Waals surface area contributed by atoms with Crippen LogP contribution in [0.15, 0.2) is 0 Å². The summed E-state index contributed by atoms with van der Waals surface area (Å²) in [6, 6.07) is -0.790. The van der Waals surface area contributed by atoms with E-state index in [0.29, 0.717) is 12.3 Å². The normalized spacial score (nSPS) is 14.0. The fourth-order valence-corrected chi connectivity index (χ4v) is 2.67. The molecule has 0 bridgehead atoms. The summed E-state index contributed by atoms with van der Waals surface area (Å²) in [4.78, 5) is 23.8. The Morgan fingerprint density at radius 3 is 2.14 bits per heavy atom. The highest BCUT2D eigenvalue weighted by Crippen LogP contribution is 2.10. The molecule has 0 aromatic rings. The highest BCUT2D eigenvalue weighted by molar-refractivity contribution is 7.98. The number of hydrogen-bond acceptors (Lipinski definition) is 5. The number of methoxy groups -OCH3 is 2. The third-order valence-corrected chi connectivity index (χ3v) is 3.80. The highest BCUT2D eigenvalue weighted by atomic mass is 32.2. The van der Waals surface area contributed by atoms with Crippen molar-refractivity contribution in [2.45, 2.75) is 52.0 Å². The third kappa shape index (κ3) is 8.60. The second-order valence-corrected chi connectivity index (χ2v) is 6.60. The van der Waals surface area contributed by atoms with Crippen LogP contribution in [0.2, 0.25) is 0 Å². The monoisotopic (exact) mass is 334 g/mol. The van der Waals surface area contributed by atoms with E-state index in [0.717, 1.165) is 12.2 Å². The molecule has 0 rings (SSSR count). The minimum atomic E-state index is -0.538. The second-order valence-electron chi connectivity index (χ2n) is 5.62. The SMILES string of the molecule is COC(OC)C(CCSC)NC(=O)[C@H](CC(C)C)NC(C)=O. The van der Waals surface area contributed by atoms with Crippen LogP contribution >= 0.6 is 11.8 Å². The largest absolute Gasteiger partial charge is 0.354 e. The van der Waals surface area contributed by atoms with Crippen molar-refractivity contribution in [3.05, 3.63) is 0 Å². The number of amides is 2. The Labute approximate surface area is 138 Å². The van der Waals surface area contributed by atoms with Gasteiger partial charge in [0.1, 0.15) is 6.04 Å². The molecule has 0 aromatic carbocycles. The molecule has 0 saturated heterocycles. The van der Waals surface area contributed by atoms with E-state index in [9.17, 15) is 9.59 Å². The fraction of sp³-hybridized carbons (Fsp3) is 0.867. The lowest BCUT2D eigenvalue weighted by Crippen LogP contribution is -2.53. The van der Waals surface area contributed by atoms with Crippen molar-refractivity contribution in [1.29, 1.82) is 0 Å². The average molecular weight is 334 g/mol. The molecule has 0 heterocycles. The summed E-state index contributed by atoms with van der Waals surface area (Å²) in [5.41, 5.74) is 0. The van der Waals surface area contributed by atoms with E-state index < -0.39 is 12.3 Å². The number of rotatable bonds is 11. The van der Waals surface area contributed by atoms with Crippen molar-refractivity contribution in [2.75, 3.05) is 26.2 Å². The molecule has 0 aliphatic carbocycles. The zero-order chi connectivity index (χ0) is 17.1. The Hall–Kier alpha value is -0.790. The van der Waals surface area contributed by atoms with Crippen LogP contribution in [0.4, 0.5) is 0 Å². The number of carbonyl (C=O) groups is 2. The first-order chi connectivity index (χ1) is 10.3. The minimum Gasteiger partial charge on any atom is -0.354 e. The number of hydrogen-bond donors (Lipinski definition) is 2. The maximum absolute atomic E-state index is 12.5. The molecule has 0 aromatic heterocycles. The predicted molar refractivity (Wildman–Crippen MR) is 89.8 cm³/mol. The van der Waals surface area contributed by atoms with Gasteiger partial charge in [-0.3, -0.25) is 9.59 Å². The Kier molecular flexibility index (Phi) is 11.3. The van der Waals surface area contributed by atoms with E-state index in [1.54, 1.807) is 26.0 Å². The molecular weight excluding hydrogens is 304 g/mol. The molecule has 2 amide bonds. The van der Waals surface area contributed by atoms with Gasteiger partial charge in [-0.15, -0.1) is 0 Å². The molecule has 6 nitrogen and oxygen atoms in total. The topological polar surface area (TPSA) is 76.7 Å². The zero-order valence-electron chi connectivity index (χ0n) is 14.5. The summed E-state index contributed by atoms with van der Waals surface area (Å²) in [6.45, 7) is 5.44. The summed E-state index contributed by atoms with van der Waals surface area (Å²) in [5.74, 6) is 0.766. The number of thioether (sulfide) groups is 1. The Balaban J connectivity index is 4.87. The van der Waals surface area contributed by atoms with E-state index in [-0.39, 0.29) is 17.9 Å². The molecule has 0 aliphatic rings. The van der Waals surface area contributed by atoms with Crippen LogP contribution < -0.4 is 10.6 Å². The molecule has 1 unspecified atom stereocenters. The maximum Gasteiger partial charge on any atom is 0.242 e. The van der Waals surface area contributed by atoms with Crippen LogP contribution in [0.25, 0.3) is 0 Å². The van der Waals surface area contributed by atoms with E-state index in [2.05, 4.69) is 10.6 Å². The lowest BCUT2D eigenvalue weighted by molar-refractivity contribution is -0.140. The third-order valence-electron chi connectivity index (χ3n) is 3.15. The van der Waals surface area contributed by atoms with Gasteiger partial charge < -0.3 is 20.1 Å². The second kappa shape index (κ2) is 11.7. The fourth-order valence-electron chi connectivity index (χ4n) is 2.18. The number of ether oxygens (including phenoxy) is 2. The van der Waals surface area contributed by atoms with E-state index in [4.69, 9.17) is 9.47 Å². The minimum absolute atomic E-state index is 0.200. The quantitative estimate of drug-likeness (QED) is 0.559. The van der Waals surface area contributed by atoms with Gasteiger partial charge in [0.2, 0.25) is 11.8 Å². The molecular formula is C15H30N2O4S. The van der Waals surface area contributed by atoms with Crippen LogP contribution in [0.1, 0.15) is 33.6 Å². The Morgan fingerprint density at radius 1 is 1.14 bits per heavy atom. The first kappa shape index (κ1) is 21.2. The van der Waals surface area contributed by atoms with Crippen molar-refractivity contribution < 1.29 is 19.1 Å². The average Bonchev–Trinajstić information content (AvgIpc) is 2.43. The van der Waals surface area contributed by atoms with Crippen LogP contribution in [-0.2, 0) is 19.1 Å². The van der Waals surface area contributed by atoms with Gasteiger partial charge >= 0.3 is 0 Å². The lowest BCUT2D eigenvalue weighted by atomic mass is 10.0. The lowest BCUT2D eigenvalue weighted by Gasteiger charge is -2.28. The van der Waals surface area contributed by atoms with Gasteiger partial charge in [-0.25, -0.2) is 0 Å². The van der Waals surface area contributed by atoms with Gasteiger partial charge in [0.25, 0.3) is 0 Å². The van der Waals surface area contributed by atoms with Crippen molar-refractivity contribution in [2.24, 2.45) is 5.92 Å². The molecule has 0 fully saturated rings. The van der Waals surface area contributed by atoms with Gasteiger partial charge in [0, 0.05) is 21.1 Å². The molecule has 0 radical (unpaired) electrons. The Morgan fingerprint density at radius 2 is 1.73 bits per heavy atom.